The van der Waals surface area contributed by atoms with Crippen LogP contribution in [0.2, 0.25) is 0 Å². The van der Waals surface area contributed by atoms with Gasteiger partial charge in [-0.2, -0.15) is 0 Å². The van der Waals surface area contributed by atoms with Crippen LogP contribution in [0.1, 0.15) is 17.4 Å². The standard InChI is InChI=1S/C21H16N2O2/c1-2-25-21(24)20-18-16(15-10-6-7-11-17(15)23-20)12-13-22-19(18)14-8-4-3-5-9-14/h3-13H,2H2,1H3. The van der Waals surface area contributed by atoms with Gasteiger partial charge in [0.25, 0.3) is 0 Å². The monoisotopic (exact) mass is 328 g/mol. The quantitative estimate of drug-likeness (QED) is 0.406. The number of pyridine rings is 2. The van der Waals surface area contributed by atoms with E-state index in [4.69, 9.17) is 4.74 Å². The van der Waals surface area contributed by atoms with Crippen LogP contribution in [0, 0.1) is 0 Å². The first-order valence-electron chi connectivity index (χ1n) is 8.19. The molecule has 2 heterocycles. The van der Waals surface area contributed by atoms with Crippen molar-refractivity contribution in [3.63, 3.8) is 0 Å². The van der Waals surface area contributed by atoms with Gasteiger partial charge < -0.3 is 4.74 Å². The van der Waals surface area contributed by atoms with Crippen LogP contribution < -0.4 is 0 Å². The van der Waals surface area contributed by atoms with E-state index < -0.39 is 5.97 Å². The lowest BCUT2D eigenvalue weighted by molar-refractivity contribution is 0.0522. The Hall–Kier alpha value is -3.27. The summed E-state index contributed by atoms with van der Waals surface area (Å²) in [5.74, 6) is -0.427. The van der Waals surface area contributed by atoms with Gasteiger partial charge >= 0.3 is 5.97 Å². The molecule has 4 heteroatoms. The number of para-hydroxylation sites is 1. The molecule has 0 aliphatic rings. The lowest BCUT2D eigenvalue weighted by Gasteiger charge is -2.12. The van der Waals surface area contributed by atoms with Crippen molar-refractivity contribution in [3.8, 4) is 11.3 Å². The van der Waals surface area contributed by atoms with Crippen LogP contribution >= 0.6 is 0 Å². The number of rotatable bonds is 3. The topological polar surface area (TPSA) is 52.1 Å². The smallest absolute Gasteiger partial charge is 0.357 e. The average molecular weight is 328 g/mol. The largest absolute Gasteiger partial charge is 0.461 e. The normalized spacial score (nSPS) is 10.9. The number of carbonyl (C=O) groups is 1. The van der Waals surface area contributed by atoms with E-state index in [1.807, 2.05) is 60.7 Å². The fraction of sp³-hybridized carbons (Fsp3) is 0.0952. The SMILES string of the molecule is CCOC(=O)c1nc2ccccc2c2ccnc(-c3ccccc3)c12. The van der Waals surface area contributed by atoms with Crippen LogP contribution in [0.3, 0.4) is 0 Å². The maximum absolute atomic E-state index is 12.6. The minimum Gasteiger partial charge on any atom is -0.461 e. The molecule has 2 aromatic heterocycles. The summed E-state index contributed by atoms with van der Waals surface area (Å²) in [6.07, 6.45) is 1.77. The minimum absolute atomic E-state index is 0.301. The molecule has 4 rings (SSSR count). The summed E-state index contributed by atoms with van der Waals surface area (Å²) >= 11 is 0. The fourth-order valence-corrected chi connectivity index (χ4v) is 3.06. The second-order valence-electron chi connectivity index (χ2n) is 5.65. The number of ether oxygens (including phenoxy) is 1. The van der Waals surface area contributed by atoms with Crippen molar-refractivity contribution >= 4 is 27.6 Å². The first kappa shape index (κ1) is 15.3. The Morgan fingerprint density at radius 2 is 1.72 bits per heavy atom. The van der Waals surface area contributed by atoms with Gasteiger partial charge in [-0.15, -0.1) is 0 Å². The molecule has 0 spiro atoms. The maximum atomic E-state index is 12.6. The predicted molar refractivity (Wildman–Crippen MR) is 98.4 cm³/mol. The van der Waals surface area contributed by atoms with Crippen molar-refractivity contribution in [1.82, 2.24) is 9.97 Å². The summed E-state index contributed by atoms with van der Waals surface area (Å²) in [5, 5.41) is 2.67. The molecule has 0 unspecified atom stereocenters. The van der Waals surface area contributed by atoms with Gasteiger partial charge in [-0.25, -0.2) is 9.78 Å². The zero-order valence-corrected chi connectivity index (χ0v) is 13.8. The van der Waals surface area contributed by atoms with E-state index in [1.165, 1.54) is 0 Å². The Morgan fingerprint density at radius 1 is 0.960 bits per heavy atom. The molecule has 2 aromatic carbocycles. The van der Waals surface area contributed by atoms with E-state index in [1.54, 1.807) is 13.1 Å². The summed E-state index contributed by atoms with van der Waals surface area (Å²) in [6.45, 7) is 2.09. The van der Waals surface area contributed by atoms with Gasteiger partial charge in [0.1, 0.15) is 0 Å². The molecule has 4 nitrogen and oxygen atoms in total. The molecule has 0 amide bonds. The number of benzene rings is 2. The van der Waals surface area contributed by atoms with Gasteiger partial charge in [-0.1, -0.05) is 48.5 Å². The summed E-state index contributed by atoms with van der Waals surface area (Å²) < 4.78 is 5.25. The molecule has 122 valence electrons. The number of esters is 1. The Kier molecular flexibility index (Phi) is 3.86. The molecular weight excluding hydrogens is 312 g/mol. The third kappa shape index (κ3) is 2.62. The van der Waals surface area contributed by atoms with E-state index >= 15 is 0 Å². The van der Waals surface area contributed by atoms with Gasteiger partial charge in [0.2, 0.25) is 0 Å². The number of carbonyl (C=O) groups excluding carboxylic acids is 1. The molecule has 0 fully saturated rings. The van der Waals surface area contributed by atoms with E-state index in [-0.39, 0.29) is 0 Å². The second-order valence-corrected chi connectivity index (χ2v) is 5.65. The highest BCUT2D eigenvalue weighted by molar-refractivity contribution is 6.17. The minimum atomic E-state index is -0.427. The molecular formula is C21H16N2O2. The Bertz CT molecular complexity index is 1080. The Balaban J connectivity index is 2.14. The molecule has 25 heavy (non-hydrogen) atoms. The van der Waals surface area contributed by atoms with Crippen molar-refractivity contribution in [2.45, 2.75) is 6.92 Å². The van der Waals surface area contributed by atoms with Crippen LogP contribution in [-0.2, 0) is 4.74 Å². The molecule has 4 aromatic rings. The van der Waals surface area contributed by atoms with Crippen LogP contribution in [-0.4, -0.2) is 22.5 Å². The maximum Gasteiger partial charge on any atom is 0.357 e. The van der Waals surface area contributed by atoms with Crippen LogP contribution in [0.4, 0.5) is 0 Å². The van der Waals surface area contributed by atoms with E-state index in [2.05, 4.69) is 9.97 Å². The number of nitrogens with zero attached hydrogens (tertiary/aromatic N) is 2. The van der Waals surface area contributed by atoms with E-state index in [0.29, 0.717) is 12.3 Å². The Morgan fingerprint density at radius 3 is 2.52 bits per heavy atom. The molecule has 0 aliphatic heterocycles. The van der Waals surface area contributed by atoms with Crippen molar-refractivity contribution in [2.75, 3.05) is 6.61 Å². The first-order valence-corrected chi connectivity index (χ1v) is 8.19. The van der Waals surface area contributed by atoms with Crippen molar-refractivity contribution in [2.24, 2.45) is 0 Å². The zero-order chi connectivity index (χ0) is 17.2. The highest BCUT2D eigenvalue weighted by Crippen LogP contribution is 2.33. The molecule has 0 N–H and O–H groups in total. The first-order chi connectivity index (χ1) is 12.3. The van der Waals surface area contributed by atoms with Crippen molar-refractivity contribution in [3.05, 3.63) is 72.6 Å². The summed E-state index contributed by atoms with van der Waals surface area (Å²) in [5.41, 5.74) is 2.75. The number of aromatic nitrogens is 2. The van der Waals surface area contributed by atoms with Gasteiger partial charge in [-0.3, -0.25) is 4.98 Å². The third-order valence-electron chi connectivity index (χ3n) is 4.13. The summed E-state index contributed by atoms with van der Waals surface area (Å²) in [4.78, 5) is 21.7. The molecule has 0 aliphatic carbocycles. The third-order valence-corrected chi connectivity index (χ3v) is 4.13. The number of fused-ring (bicyclic) bond motifs is 3. The molecule has 0 radical (unpaired) electrons. The second kappa shape index (κ2) is 6.32. The molecule has 0 saturated heterocycles. The molecule has 0 saturated carbocycles. The highest BCUT2D eigenvalue weighted by Gasteiger charge is 2.20. The van der Waals surface area contributed by atoms with E-state index in [9.17, 15) is 4.79 Å². The van der Waals surface area contributed by atoms with E-state index in [0.717, 1.165) is 32.9 Å². The van der Waals surface area contributed by atoms with Gasteiger partial charge in [0.05, 0.1) is 17.8 Å². The highest BCUT2D eigenvalue weighted by atomic mass is 16.5. The van der Waals surface area contributed by atoms with Crippen LogP contribution in [0.5, 0.6) is 0 Å². The van der Waals surface area contributed by atoms with Gasteiger partial charge in [0, 0.05) is 22.5 Å². The molecule has 0 bridgehead atoms. The lowest BCUT2D eigenvalue weighted by Crippen LogP contribution is -2.09. The lowest BCUT2D eigenvalue weighted by atomic mass is 9.99. The molecule has 0 atom stereocenters. The zero-order valence-electron chi connectivity index (χ0n) is 13.8. The van der Waals surface area contributed by atoms with Gasteiger partial charge in [-0.05, 0) is 24.4 Å². The summed E-state index contributed by atoms with van der Waals surface area (Å²) in [7, 11) is 0. The van der Waals surface area contributed by atoms with Crippen LogP contribution in [0.25, 0.3) is 32.9 Å². The predicted octanol–water partition coefficient (Wildman–Crippen LogP) is 4.63. The van der Waals surface area contributed by atoms with Crippen molar-refractivity contribution < 1.29 is 9.53 Å². The number of hydrogen-bond donors (Lipinski definition) is 0. The van der Waals surface area contributed by atoms with Crippen LogP contribution in [0.15, 0.2) is 66.9 Å². The Labute approximate surface area is 145 Å². The van der Waals surface area contributed by atoms with Gasteiger partial charge in [0.15, 0.2) is 5.69 Å². The fourth-order valence-electron chi connectivity index (χ4n) is 3.06. The summed E-state index contributed by atoms with van der Waals surface area (Å²) in [6, 6.07) is 19.5. The number of hydrogen-bond acceptors (Lipinski definition) is 4. The average Bonchev–Trinajstić information content (AvgIpc) is 2.67. The van der Waals surface area contributed by atoms with Crippen molar-refractivity contribution in [1.29, 1.82) is 0 Å².